The number of aromatic nitrogens is 2. The van der Waals surface area contributed by atoms with Crippen molar-refractivity contribution in [2.75, 3.05) is 5.43 Å². The minimum absolute atomic E-state index is 0.109. The summed E-state index contributed by atoms with van der Waals surface area (Å²) >= 11 is 0. The van der Waals surface area contributed by atoms with Crippen LogP contribution < -0.4 is 11.0 Å². The van der Waals surface area contributed by atoms with Gasteiger partial charge in [-0.2, -0.15) is 0 Å². The van der Waals surface area contributed by atoms with E-state index in [1.807, 2.05) is 44.2 Å². The lowest BCUT2D eigenvalue weighted by atomic mass is 10.1. The highest BCUT2D eigenvalue weighted by atomic mass is 16.5. The van der Waals surface area contributed by atoms with Crippen molar-refractivity contribution in [3.05, 3.63) is 75.3 Å². The van der Waals surface area contributed by atoms with Gasteiger partial charge in [-0.05, 0) is 32.4 Å². The zero-order valence-corrected chi connectivity index (χ0v) is 13.7. The molecule has 6 heteroatoms. The summed E-state index contributed by atoms with van der Waals surface area (Å²) in [7, 11) is 0. The molecule has 0 aliphatic rings. The number of hydrogen-bond acceptors (Lipinski definition) is 4. The van der Waals surface area contributed by atoms with E-state index in [0.29, 0.717) is 11.5 Å². The number of carbonyl (C=O) groups excluding carboxylic acids is 1. The van der Waals surface area contributed by atoms with Crippen LogP contribution in [0.4, 0.5) is 0 Å². The second kappa shape index (κ2) is 6.16. The number of hydrogen-bond donors (Lipinski definition) is 1. The number of amides is 1. The van der Waals surface area contributed by atoms with E-state index < -0.39 is 5.91 Å². The first kappa shape index (κ1) is 15.7. The topological polar surface area (TPSA) is 77.1 Å². The Labute approximate surface area is 138 Å². The quantitative estimate of drug-likeness (QED) is 0.804. The fourth-order valence-electron chi connectivity index (χ4n) is 2.41. The number of nitrogens with one attached hydrogen (secondary N) is 1. The SMILES string of the molecule is Cc1ccc(-c2cc(C(=O)Nn3c(C)cc(C)cc3=O)no2)cc1. The molecule has 0 aliphatic carbocycles. The van der Waals surface area contributed by atoms with Gasteiger partial charge in [0.1, 0.15) is 0 Å². The molecule has 3 aromatic rings. The Kier molecular flexibility index (Phi) is 4.04. The van der Waals surface area contributed by atoms with Crippen LogP contribution >= 0.6 is 0 Å². The van der Waals surface area contributed by atoms with Gasteiger partial charge in [0.05, 0.1) is 0 Å². The highest BCUT2D eigenvalue weighted by molar-refractivity contribution is 5.98. The van der Waals surface area contributed by atoms with Crippen LogP contribution in [0.2, 0.25) is 0 Å². The molecule has 0 unspecified atom stereocenters. The van der Waals surface area contributed by atoms with Crippen LogP contribution in [0.15, 0.2) is 51.8 Å². The molecule has 0 spiro atoms. The van der Waals surface area contributed by atoms with Crippen LogP contribution in [0.5, 0.6) is 0 Å². The maximum absolute atomic E-state index is 12.3. The standard InChI is InChI=1S/C18H17N3O3/c1-11-4-6-14(7-5-11)16-10-15(20-24-16)18(23)19-21-13(3)8-12(2)9-17(21)22/h4-10H,1-3H3,(H,19,23). The molecule has 0 aliphatic heterocycles. The summed E-state index contributed by atoms with van der Waals surface area (Å²) in [5.41, 5.74) is 5.78. The van der Waals surface area contributed by atoms with E-state index in [1.165, 1.54) is 10.7 Å². The van der Waals surface area contributed by atoms with Gasteiger partial charge in [-0.25, -0.2) is 4.68 Å². The van der Waals surface area contributed by atoms with Crippen molar-refractivity contribution in [3.8, 4) is 11.3 Å². The lowest BCUT2D eigenvalue weighted by Crippen LogP contribution is -2.34. The minimum Gasteiger partial charge on any atom is -0.355 e. The molecule has 0 atom stereocenters. The Balaban J connectivity index is 1.84. The van der Waals surface area contributed by atoms with Crippen molar-refractivity contribution in [3.63, 3.8) is 0 Å². The number of pyridine rings is 1. The fraction of sp³-hybridized carbons (Fsp3) is 0.167. The van der Waals surface area contributed by atoms with Crippen LogP contribution in [0.25, 0.3) is 11.3 Å². The molecule has 1 aromatic carbocycles. The normalized spacial score (nSPS) is 10.6. The van der Waals surface area contributed by atoms with Crippen molar-refractivity contribution in [2.45, 2.75) is 20.8 Å². The van der Waals surface area contributed by atoms with Crippen LogP contribution in [-0.4, -0.2) is 15.7 Å². The third kappa shape index (κ3) is 3.12. The van der Waals surface area contributed by atoms with Gasteiger partial charge in [0.25, 0.3) is 11.5 Å². The lowest BCUT2D eigenvalue weighted by molar-refractivity contribution is 0.0998. The molecule has 122 valence electrons. The summed E-state index contributed by atoms with van der Waals surface area (Å²) in [6.07, 6.45) is 0. The Hall–Kier alpha value is -3.15. The third-order valence-electron chi connectivity index (χ3n) is 3.65. The van der Waals surface area contributed by atoms with Gasteiger partial charge in [0, 0.05) is 23.4 Å². The van der Waals surface area contributed by atoms with Crippen molar-refractivity contribution in [1.82, 2.24) is 9.83 Å². The number of aryl methyl sites for hydroxylation is 3. The van der Waals surface area contributed by atoms with Gasteiger partial charge < -0.3 is 4.52 Å². The Morgan fingerprint density at radius 1 is 1.04 bits per heavy atom. The van der Waals surface area contributed by atoms with Gasteiger partial charge in [0.2, 0.25) is 0 Å². The summed E-state index contributed by atoms with van der Waals surface area (Å²) in [6, 6.07) is 12.5. The predicted octanol–water partition coefficient (Wildman–Crippen LogP) is 2.81. The van der Waals surface area contributed by atoms with Gasteiger partial charge in [-0.3, -0.25) is 15.0 Å². The Bertz CT molecular complexity index is 952. The smallest absolute Gasteiger partial charge is 0.292 e. The average Bonchev–Trinajstić information content (AvgIpc) is 3.01. The molecule has 0 fully saturated rings. The number of rotatable bonds is 3. The second-order valence-corrected chi connectivity index (χ2v) is 5.73. The molecule has 1 amide bonds. The van der Waals surface area contributed by atoms with E-state index in [2.05, 4.69) is 10.6 Å². The Morgan fingerprint density at radius 2 is 1.75 bits per heavy atom. The van der Waals surface area contributed by atoms with Crippen molar-refractivity contribution in [2.24, 2.45) is 0 Å². The molecule has 0 bridgehead atoms. The molecular formula is C18H17N3O3. The van der Waals surface area contributed by atoms with Crippen molar-refractivity contribution < 1.29 is 9.32 Å². The van der Waals surface area contributed by atoms with E-state index in [4.69, 9.17) is 4.52 Å². The summed E-state index contributed by atoms with van der Waals surface area (Å²) < 4.78 is 6.42. The number of carbonyl (C=O) groups is 1. The first-order valence-corrected chi connectivity index (χ1v) is 7.49. The number of nitrogens with zero attached hydrogens (tertiary/aromatic N) is 2. The summed E-state index contributed by atoms with van der Waals surface area (Å²) in [5.74, 6) is -0.0145. The fourth-order valence-corrected chi connectivity index (χ4v) is 2.41. The van der Waals surface area contributed by atoms with Gasteiger partial charge >= 0.3 is 0 Å². The van der Waals surface area contributed by atoms with Crippen LogP contribution in [-0.2, 0) is 0 Å². The van der Waals surface area contributed by atoms with Crippen LogP contribution in [0.3, 0.4) is 0 Å². The van der Waals surface area contributed by atoms with E-state index in [9.17, 15) is 9.59 Å². The first-order chi connectivity index (χ1) is 11.4. The average molecular weight is 323 g/mol. The highest BCUT2D eigenvalue weighted by Gasteiger charge is 2.15. The predicted molar refractivity (Wildman–Crippen MR) is 90.5 cm³/mol. The van der Waals surface area contributed by atoms with Gasteiger partial charge in [-0.15, -0.1) is 0 Å². The largest absolute Gasteiger partial charge is 0.355 e. The maximum Gasteiger partial charge on any atom is 0.292 e. The van der Waals surface area contributed by atoms with Crippen LogP contribution in [0.1, 0.15) is 27.3 Å². The molecule has 24 heavy (non-hydrogen) atoms. The summed E-state index contributed by atoms with van der Waals surface area (Å²) in [5, 5.41) is 3.79. The molecule has 6 nitrogen and oxygen atoms in total. The zero-order chi connectivity index (χ0) is 17.3. The van der Waals surface area contributed by atoms with Gasteiger partial charge in [0.15, 0.2) is 11.5 Å². The lowest BCUT2D eigenvalue weighted by Gasteiger charge is -2.10. The van der Waals surface area contributed by atoms with E-state index in [0.717, 1.165) is 16.7 Å². The second-order valence-electron chi connectivity index (χ2n) is 5.73. The molecule has 0 radical (unpaired) electrons. The summed E-state index contributed by atoms with van der Waals surface area (Å²) in [6.45, 7) is 5.56. The molecular weight excluding hydrogens is 306 g/mol. The first-order valence-electron chi connectivity index (χ1n) is 7.49. The number of benzene rings is 1. The third-order valence-corrected chi connectivity index (χ3v) is 3.65. The monoisotopic (exact) mass is 323 g/mol. The summed E-state index contributed by atoms with van der Waals surface area (Å²) in [4.78, 5) is 24.3. The molecule has 0 saturated heterocycles. The van der Waals surface area contributed by atoms with E-state index in [1.54, 1.807) is 13.0 Å². The van der Waals surface area contributed by atoms with Crippen molar-refractivity contribution in [1.29, 1.82) is 0 Å². The highest BCUT2D eigenvalue weighted by Crippen LogP contribution is 2.20. The molecule has 2 aromatic heterocycles. The Morgan fingerprint density at radius 3 is 2.42 bits per heavy atom. The zero-order valence-electron chi connectivity index (χ0n) is 13.7. The molecule has 0 saturated carbocycles. The molecule has 1 N–H and O–H groups in total. The maximum atomic E-state index is 12.3. The molecule has 3 rings (SSSR count). The van der Waals surface area contributed by atoms with E-state index >= 15 is 0 Å². The molecule has 2 heterocycles. The van der Waals surface area contributed by atoms with Crippen molar-refractivity contribution >= 4 is 5.91 Å². The van der Waals surface area contributed by atoms with E-state index in [-0.39, 0.29) is 11.3 Å². The minimum atomic E-state index is -0.508. The van der Waals surface area contributed by atoms with Gasteiger partial charge in [-0.1, -0.05) is 35.0 Å². The van der Waals surface area contributed by atoms with Crippen LogP contribution in [0, 0.1) is 20.8 Å².